The second-order valence-electron chi connectivity index (χ2n) is 6.56. The first-order valence-corrected chi connectivity index (χ1v) is 8.74. The standard InChI is InChI=1S/C18H25F4N3O/c1-12(26-16-9-4-3-8-15(16)19)11-24-17(23-2)25-14-7-5-6-13(10-14)18(20,21)22/h3-4,8-9,12-14H,5-7,10-11H2,1-2H3,(H2,23,24,25). The van der Waals surface area contributed by atoms with Gasteiger partial charge in [0.2, 0.25) is 0 Å². The summed E-state index contributed by atoms with van der Waals surface area (Å²) in [5.74, 6) is -1.13. The summed E-state index contributed by atoms with van der Waals surface area (Å²) in [7, 11) is 1.56. The number of hydrogen-bond acceptors (Lipinski definition) is 2. The van der Waals surface area contributed by atoms with E-state index in [2.05, 4.69) is 15.6 Å². The molecule has 0 aliphatic heterocycles. The Morgan fingerprint density at radius 1 is 1.31 bits per heavy atom. The van der Waals surface area contributed by atoms with Crippen LogP contribution in [0.3, 0.4) is 0 Å². The van der Waals surface area contributed by atoms with Crippen LogP contribution in [0, 0.1) is 11.7 Å². The summed E-state index contributed by atoms with van der Waals surface area (Å²) in [6.07, 6.45) is -3.06. The van der Waals surface area contributed by atoms with Gasteiger partial charge in [-0.1, -0.05) is 18.6 Å². The number of halogens is 4. The van der Waals surface area contributed by atoms with Crippen molar-refractivity contribution < 1.29 is 22.3 Å². The van der Waals surface area contributed by atoms with Gasteiger partial charge in [-0.3, -0.25) is 4.99 Å². The van der Waals surface area contributed by atoms with E-state index in [-0.39, 0.29) is 30.7 Å². The third kappa shape index (κ3) is 6.07. The van der Waals surface area contributed by atoms with Gasteiger partial charge >= 0.3 is 6.18 Å². The largest absolute Gasteiger partial charge is 0.486 e. The Morgan fingerprint density at radius 2 is 2.04 bits per heavy atom. The van der Waals surface area contributed by atoms with E-state index in [0.29, 0.717) is 25.3 Å². The highest BCUT2D eigenvalue weighted by Crippen LogP contribution is 2.37. The third-order valence-corrected chi connectivity index (χ3v) is 4.42. The van der Waals surface area contributed by atoms with Crippen LogP contribution in [0.15, 0.2) is 29.3 Å². The number of nitrogens with one attached hydrogen (secondary N) is 2. The zero-order valence-electron chi connectivity index (χ0n) is 14.9. The van der Waals surface area contributed by atoms with Crippen LogP contribution in [0.1, 0.15) is 32.6 Å². The molecule has 0 spiro atoms. The summed E-state index contributed by atoms with van der Waals surface area (Å²) < 4.78 is 57.8. The van der Waals surface area contributed by atoms with Crippen LogP contribution in [-0.4, -0.2) is 37.9 Å². The number of rotatable bonds is 5. The van der Waals surface area contributed by atoms with Crippen molar-refractivity contribution in [2.24, 2.45) is 10.9 Å². The molecule has 0 amide bonds. The molecule has 0 bridgehead atoms. The van der Waals surface area contributed by atoms with Crippen LogP contribution in [0.2, 0.25) is 0 Å². The Kier molecular flexibility index (Phi) is 7.11. The lowest BCUT2D eigenvalue weighted by molar-refractivity contribution is -0.183. The van der Waals surface area contributed by atoms with E-state index >= 15 is 0 Å². The first-order valence-electron chi connectivity index (χ1n) is 8.74. The van der Waals surface area contributed by atoms with Crippen molar-refractivity contribution in [1.82, 2.24) is 10.6 Å². The summed E-state index contributed by atoms with van der Waals surface area (Å²) in [4.78, 5) is 4.05. The molecular weight excluding hydrogens is 350 g/mol. The minimum absolute atomic E-state index is 0.0471. The van der Waals surface area contributed by atoms with Gasteiger partial charge in [0.15, 0.2) is 17.5 Å². The molecule has 1 aromatic rings. The minimum atomic E-state index is -4.15. The average molecular weight is 375 g/mol. The highest BCUT2D eigenvalue weighted by atomic mass is 19.4. The van der Waals surface area contributed by atoms with Crippen molar-refractivity contribution in [3.05, 3.63) is 30.1 Å². The molecule has 2 rings (SSSR count). The van der Waals surface area contributed by atoms with Crippen LogP contribution < -0.4 is 15.4 Å². The van der Waals surface area contributed by atoms with Gasteiger partial charge in [-0.05, 0) is 38.3 Å². The Bertz CT molecular complexity index is 606. The Balaban J connectivity index is 1.81. The van der Waals surface area contributed by atoms with E-state index in [1.807, 2.05) is 0 Å². The maximum atomic E-state index is 13.6. The van der Waals surface area contributed by atoms with Crippen LogP contribution in [0.25, 0.3) is 0 Å². The SMILES string of the molecule is CN=C(NCC(C)Oc1ccccc1F)NC1CCCC(C(F)(F)F)C1. The van der Waals surface area contributed by atoms with E-state index in [0.717, 1.165) is 0 Å². The molecule has 1 saturated carbocycles. The predicted molar refractivity (Wildman–Crippen MR) is 92.8 cm³/mol. The number of ether oxygens (including phenoxy) is 1. The van der Waals surface area contributed by atoms with E-state index in [9.17, 15) is 17.6 Å². The molecule has 1 aromatic carbocycles. The zero-order chi connectivity index (χ0) is 19.2. The van der Waals surface area contributed by atoms with Gasteiger partial charge in [-0.2, -0.15) is 13.2 Å². The molecular formula is C18H25F4N3O. The molecule has 1 aliphatic carbocycles. The summed E-state index contributed by atoms with van der Waals surface area (Å²) >= 11 is 0. The third-order valence-electron chi connectivity index (χ3n) is 4.42. The topological polar surface area (TPSA) is 45.7 Å². The van der Waals surface area contributed by atoms with Gasteiger partial charge in [0.05, 0.1) is 12.5 Å². The summed E-state index contributed by atoms with van der Waals surface area (Å²) in [5.41, 5.74) is 0. The number of para-hydroxylation sites is 1. The summed E-state index contributed by atoms with van der Waals surface area (Å²) in [6.45, 7) is 2.11. The fourth-order valence-electron chi connectivity index (χ4n) is 3.05. The van der Waals surface area contributed by atoms with Crippen molar-refractivity contribution in [3.8, 4) is 5.75 Å². The van der Waals surface area contributed by atoms with Crippen LogP contribution >= 0.6 is 0 Å². The van der Waals surface area contributed by atoms with Gasteiger partial charge in [-0.15, -0.1) is 0 Å². The molecule has 1 aliphatic rings. The number of benzene rings is 1. The molecule has 0 radical (unpaired) electrons. The van der Waals surface area contributed by atoms with Crippen molar-refractivity contribution in [2.45, 2.75) is 50.9 Å². The monoisotopic (exact) mass is 375 g/mol. The minimum Gasteiger partial charge on any atom is -0.486 e. The Labute approximate surface area is 151 Å². The van der Waals surface area contributed by atoms with Crippen molar-refractivity contribution in [3.63, 3.8) is 0 Å². The lowest BCUT2D eigenvalue weighted by atomic mass is 9.85. The number of aliphatic imine (C=N–C) groups is 1. The first kappa shape index (κ1) is 20.3. The predicted octanol–water partition coefficient (Wildman–Crippen LogP) is 3.88. The van der Waals surface area contributed by atoms with Crippen molar-refractivity contribution in [2.75, 3.05) is 13.6 Å². The lowest BCUT2D eigenvalue weighted by Crippen LogP contribution is -2.48. The fourth-order valence-corrected chi connectivity index (χ4v) is 3.05. The Morgan fingerprint density at radius 3 is 2.69 bits per heavy atom. The molecule has 8 heteroatoms. The number of alkyl halides is 3. The molecule has 1 fully saturated rings. The van der Waals surface area contributed by atoms with Crippen molar-refractivity contribution >= 4 is 5.96 Å². The number of hydrogen-bond donors (Lipinski definition) is 2. The van der Waals surface area contributed by atoms with E-state index in [4.69, 9.17) is 4.74 Å². The molecule has 146 valence electrons. The molecule has 2 N–H and O–H groups in total. The van der Waals surface area contributed by atoms with E-state index < -0.39 is 17.9 Å². The molecule has 4 nitrogen and oxygen atoms in total. The van der Waals surface area contributed by atoms with Gasteiger partial charge in [0, 0.05) is 13.1 Å². The van der Waals surface area contributed by atoms with Crippen molar-refractivity contribution in [1.29, 1.82) is 0 Å². The van der Waals surface area contributed by atoms with E-state index in [1.165, 1.54) is 12.1 Å². The second-order valence-corrected chi connectivity index (χ2v) is 6.56. The van der Waals surface area contributed by atoms with Crippen LogP contribution in [-0.2, 0) is 0 Å². The average Bonchev–Trinajstić information content (AvgIpc) is 2.60. The quantitative estimate of drug-likeness (QED) is 0.466. The highest BCUT2D eigenvalue weighted by Gasteiger charge is 2.42. The Hall–Kier alpha value is -1.99. The second kappa shape index (κ2) is 9.09. The van der Waals surface area contributed by atoms with E-state index in [1.54, 1.807) is 26.1 Å². The fraction of sp³-hybridized carbons (Fsp3) is 0.611. The molecule has 26 heavy (non-hydrogen) atoms. The zero-order valence-corrected chi connectivity index (χ0v) is 14.9. The molecule has 0 saturated heterocycles. The smallest absolute Gasteiger partial charge is 0.391 e. The summed E-state index contributed by atoms with van der Waals surface area (Å²) in [5, 5.41) is 6.07. The van der Waals surface area contributed by atoms with Crippen LogP contribution in [0.4, 0.5) is 17.6 Å². The maximum Gasteiger partial charge on any atom is 0.391 e. The van der Waals surface area contributed by atoms with Crippen LogP contribution in [0.5, 0.6) is 5.75 Å². The number of guanidine groups is 1. The van der Waals surface area contributed by atoms with Gasteiger partial charge in [0.1, 0.15) is 6.10 Å². The first-order chi connectivity index (χ1) is 12.3. The van der Waals surface area contributed by atoms with Gasteiger partial charge in [-0.25, -0.2) is 4.39 Å². The lowest BCUT2D eigenvalue weighted by Gasteiger charge is -2.32. The number of nitrogens with zero attached hydrogens (tertiary/aromatic N) is 1. The van der Waals surface area contributed by atoms with Gasteiger partial charge < -0.3 is 15.4 Å². The summed E-state index contributed by atoms with van der Waals surface area (Å²) in [6, 6.07) is 5.84. The molecule has 0 heterocycles. The molecule has 0 aromatic heterocycles. The normalized spacial score (nSPS) is 22.6. The maximum absolute atomic E-state index is 13.6. The molecule has 3 atom stereocenters. The molecule has 3 unspecified atom stereocenters. The van der Waals surface area contributed by atoms with Gasteiger partial charge in [0.25, 0.3) is 0 Å². The highest BCUT2D eigenvalue weighted by molar-refractivity contribution is 5.80.